The van der Waals surface area contributed by atoms with Gasteiger partial charge in [-0.25, -0.2) is 4.98 Å². The summed E-state index contributed by atoms with van der Waals surface area (Å²) in [5.74, 6) is 1.62. The number of nitrogen functional groups attached to an aromatic ring is 1. The van der Waals surface area contributed by atoms with Gasteiger partial charge in [-0.05, 0) is 49.3 Å². The van der Waals surface area contributed by atoms with Crippen molar-refractivity contribution in [2.45, 2.75) is 39.2 Å². The summed E-state index contributed by atoms with van der Waals surface area (Å²) in [5.41, 5.74) is 7.66. The Kier molecular flexibility index (Phi) is 3.35. The van der Waals surface area contributed by atoms with E-state index in [1.165, 1.54) is 24.0 Å². The van der Waals surface area contributed by atoms with Gasteiger partial charge in [0.25, 0.3) is 0 Å². The second kappa shape index (κ2) is 5.00. The lowest BCUT2D eigenvalue weighted by Gasteiger charge is -2.31. The predicted molar refractivity (Wildman–Crippen MR) is 83.6 cm³/mol. The van der Waals surface area contributed by atoms with Gasteiger partial charge in [0.2, 0.25) is 0 Å². The van der Waals surface area contributed by atoms with E-state index in [0.717, 1.165) is 28.2 Å². The van der Waals surface area contributed by atoms with Gasteiger partial charge in [-0.15, -0.1) is 0 Å². The summed E-state index contributed by atoms with van der Waals surface area (Å²) in [6.45, 7) is 4.70. The minimum atomic E-state index is 0.566. The Morgan fingerprint density at radius 2 is 1.95 bits per heavy atom. The highest BCUT2D eigenvalue weighted by Gasteiger charge is 2.24. The van der Waals surface area contributed by atoms with Crippen molar-refractivity contribution in [2.75, 3.05) is 11.1 Å². The van der Waals surface area contributed by atoms with E-state index in [0.29, 0.717) is 6.04 Å². The summed E-state index contributed by atoms with van der Waals surface area (Å²) in [7, 11) is 0. The van der Waals surface area contributed by atoms with Crippen molar-refractivity contribution in [3.05, 3.63) is 18.2 Å². The van der Waals surface area contributed by atoms with Crippen molar-refractivity contribution in [2.24, 2.45) is 11.8 Å². The van der Waals surface area contributed by atoms with Crippen LogP contribution in [0.15, 0.2) is 18.2 Å². The summed E-state index contributed by atoms with van der Waals surface area (Å²) in [6, 6.07) is 6.48. The average molecular weight is 275 g/mol. The molecule has 0 spiro atoms. The fourth-order valence-electron chi connectivity index (χ4n) is 3.24. The van der Waals surface area contributed by atoms with Crippen LogP contribution in [-0.2, 0) is 0 Å². The van der Waals surface area contributed by atoms with E-state index in [1.807, 2.05) is 18.2 Å². The molecular formula is C15H21N3S. The molecular weight excluding hydrogens is 254 g/mol. The van der Waals surface area contributed by atoms with Gasteiger partial charge in [0.05, 0.1) is 10.2 Å². The van der Waals surface area contributed by atoms with E-state index in [-0.39, 0.29) is 0 Å². The van der Waals surface area contributed by atoms with Crippen LogP contribution in [0.2, 0.25) is 0 Å². The summed E-state index contributed by atoms with van der Waals surface area (Å²) in [6.07, 6.45) is 3.86. The van der Waals surface area contributed by atoms with Gasteiger partial charge in [-0.1, -0.05) is 25.2 Å². The number of rotatable bonds is 2. The maximum atomic E-state index is 5.81. The molecule has 0 saturated heterocycles. The SMILES string of the molecule is CC1CC(C)CC(Nc2nc3ccc(N)cc3s2)C1. The zero-order valence-corrected chi connectivity index (χ0v) is 12.3. The topological polar surface area (TPSA) is 50.9 Å². The largest absolute Gasteiger partial charge is 0.399 e. The number of hydrogen-bond acceptors (Lipinski definition) is 4. The highest BCUT2D eigenvalue weighted by Crippen LogP contribution is 2.33. The van der Waals surface area contributed by atoms with Crippen molar-refractivity contribution in [3.63, 3.8) is 0 Å². The number of nitrogens with one attached hydrogen (secondary N) is 1. The maximum Gasteiger partial charge on any atom is 0.184 e. The van der Waals surface area contributed by atoms with E-state index < -0.39 is 0 Å². The molecule has 1 fully saturated rings. The van der Waals surface area contributed by atoms with Gasteiger partial charge in [0.15, 0.2) is 5.13 Å². The maximum absolute atomic E-state index is 5.81. The molecule has 2 atom stereocenters. The van der Waals surface area contributed by atoms with E-state index in [9.17, 15) is 0 Å². The molecule has 1 aliphatic carbocycles. The smallest absolute Gasteiger partial charge is 0.184 e. The Morgan fingerprint density at radius 3 is 2.68 bits per heavy atom. The number of benzene rings is 1. The monoisotopic (exact) mass is 275 g/mol. The highest BCUT2D eigenvalue weighted by atomic mass is 32.1. The summed E-state index contributed by atoms with van der Waals surface area (Å²) >= 11 is 1.71. The number of thiazole rings is 1. The van der Waals surface area contributed by atoms with Crippen LogP contribution in [0.25, 0.3) is 10.2 Å². The Hall–Kier alpha value is -1.29. The zero-order chi connectivity index (χ0) is 13.4. The van der Waals surface area contributed by atoms with Gasteiger partial charge < -0.3 is 11.1 Å². The molecule has 1 aliphatic rings. The Balaban J connectivity index is 1.77. The van der Waals surface area contributed by atoms with E-state index in [2.05, 4.69) is 24.1 Å². The Bertz CT molecular complexity index is 568. The third kappa shape index (κ3) is 2.84. The number of anilines is 2. The van der Waals surface area contributed by atoms with Crippen LogP contribution < -0.4 is 11.1 Å². The first kappa shape index (κ1) is 12.7. The zero-order valence-electron chi connectivity index (χ0n) is 11.5. The van der Waals surface area contributed by atoms with Crippen molar-refractivity contribution in [1.29, 1.82) is 0 Å². The molecule has 102 valence electrons. The van der Waals surface area contributed by atoms with Gasteiger partial charge in [0.1, 0.15) is 0 Å². The molecule has 1 saturated carbocycles. The lowest BCUT2D eigenvalue weighted by atomic mass is 9.80. The molecule has 3 rings (SSSR count). The van der Waals surface area contributed by atoms with E-state index >= 15 is 0 Å². The molecule has 2 aromatic rings. The first-order valence-corrected chi connectivity index (χ1v) is 7.84. The van der Waals surface area contributed by atoms with Crippen molar-refractivity contribution >= 4 is 32.4 Å². The lowest BCUT2D eigenvalue weighted by Crippen LogP contribution is -2.30. The molecule has 0 bridgehead atoms. The predicted octanol–water partition coefficient (Wildman–Crippen LogP) is 4.12. The van der Waals surface area contributed by atoms with Crippen LogP contribution in [-0.4, -0.2) is 11.0 Å². The van der Waals surface area contributed by atoms with Gasteiger partial charge in [0, 0.05) is 11.7 Å². The quantitative estimate of drug-likeness (QED) is 0.811. The third-order valence-electron chi connectivity index (χ3n) is 3.92. The second-order valence-corrected chi connectivity index (χ2v) is 7.04. The van der Waals surface area contributed by atoms with Gasteiger partial charge in [-0.3, -0.25) is 0 Å². The lowest BCUT2D eigenvalue weighted by molar-refractivity contribution is 0.281. The molecule has 0 aliphatic heterocycles. The molecule has 0 amide bonds. The first-order chi connectivity index (χ1) is 9.10. The molecule has 1 aromatic carbocycles. The Morgan fingerprint density at radius 1 is 1.21 bits per heavy atom. The summed E-state index contributed by atoms with van der Waals surface area (Å²) < 4.78 is 1.17. The number of hydrogen-bond donors (Lipinski definition) is 2. The number of aromatic nitrogens is 1. The second-order valence-electron chi connectivity index (χ2n) is 6.00. The van der Waals surface area contributed by atoms with Crippen LogP contribution in [0.3, 0.4) is 0 Å². The van der Waals surface area contributed by atoms with Crippen molar-refractivity contribution < 1.29 is 0 Å². The molecule has 4 heteroatoms. The molecule has 19 heavy (non-hydrogen) atoms. The van der Waals surface area contributed by atoms with Crippen molar-refractivity contribution in [3.8, 4) is 0 Å². The van der Waals surface area contributed by atoms with Crippen LogP contribution in [0.5, 0.6) is 0 Å². The van der Waals surface area contributed by atoms with Crippen LogP contribution in [0, 0.1) is 11.8 Å². The van der Waals surface area contributed by atoms with E-state index in [1.54, 1.807) is 11.3 Å². The average Bonchev–Trinajstić information content (AvgIpc) is 2.68. The van der Waals surface area contributed by atoms with E-state index in [4.69, 9.17) is 5.73 Å². The Labute approximate surface area is 118 Å². The standard InChI is InChI=1S/C15H21N3S/c1-9-5-10(2)7-12(6-9)17-15-18-13-4-3-11(16)8-14(13)19-15/h3-4,8-10,12H,5-7,16H2,1-2H3,(H,17,18). The summed E-state index contributed by atoms with van der Waals surface area (Å²) in [5, 5.41) is 4.65. The fourth-order valence-corrected chi connectivity index (χ4v) is 4.23. The molecule has 3 N–H and O–H groups in total. The number of fused-ring (bicyclic) bond motifs is 1. The van der Waals surface area contributed by atoms with Crippen molar-refractivity contribution in [1.82, 2.24) is 4.98 Å². The minimum absolute atomic E-state index is 0.566. The minimum Gasteiger partial charge on any atom is -0.399 e. The highest BCUT2D eigenvalue weighted by molar-refractivity contribution is 7.22. The van der Waals surface area contributed by atoms with Gasteiger partial charge >= 0.3 is 0 Å². The molecule has 1 aromatic heterocycles. The molecule has 3 nitrogen and oxygen atoms in total. The third-order valence-corrected chi connectivity index (χ3v) is 4.87. The summed E-state index contributed by atoms with van der Waals surface area (Å²) in [4.78, 5) is 4.65. The molecule has 2 unspecified atom stereocenters. The van der Waals surface area contributed by atoms with Crippen LogP contribution >= 0.6 is 11.3 Å². The first-order valence-electron chi connectivity index (χ1n) is 7.03. The fraction of sp³-hybridized carbons (Fsp3) is 0.533. The molecule has 0 radical (unpaired) electrons. The normalized spacial score (nSPS) is 27.6. The molecule has 1 heterocycles. The van der Waals surface area contributed by atoms with Crippen LogP contribution in [0.1, 0.15) is 33.1 Å². The van der Waals surface area contributed by atoms with Crippen LogP contribution in [0.4, 0.5) is 10.8 Å². The number of nitrogens with two attached hydrogens (primary N) is 1. The van der Waals surface area contributed by atoms with Gasteiger partial charge in [-0.2, -0.15) is 0 Å². The number of nitrogens with zero attached hydrogens (tertiary/aromatic N) is 1.